The van der Waals surface area contributed by atoms with Crippen molar-refractivity contribution in [1.29, 1.82) is 0 Å². The minimum Gasteiger partial charge on any atom is -0.465 e. The number of carbonyl (C=O) groups is 1. The van der Waals surface area contributed by atoms with E-state index in [-0.39, 0.29) is 22.2 Å². The number of halogens is 2. The number of rotatable bonds is 4. The van der Waals surface area contributed by atoms with E-state index in [1.54, 1.807) is 25.1 Å². The zero-order valence-corrected chi connectivity index (χ0v) is 17.6. The van der Waals surface area contributed by atoms with Crippen LogP contribution in [0.3, 0.4) is 0 Å². The highest BCUT2D eigenvalue weighted by Crippen LogP contribution is 2.36. The lowest BCUT2D eigenvalue weighted by Gasteiger charge is -2.17. The van der Waals surface area contributed by atoms with E-state index >= 15 is 0 Å². The molecule has 1 atom stereocenters. The second-order valence-corrected chi connectivity index (χ2v) is 8.96. The summed E-state index contributed by atoms with van der Waals surface area (Å²) < 4.78 is 47.3. The van der Waals surface area contributed by atoms with Crippen LogP contribution in [0.25, 0.3) is 10.9 Å². The number of para-hydroxylation sites is 1. The number of aromatic nitrogens is 1. The average molecular weight is 449 g/mol. The molecule has 2 heterocycles. The second-order valence-electron chi connectivity index (χ2n) is 6.76. The van der Waals surface area contributed by atoms with Gasteiger partial charge in [0.05, 0.1) is 27.7 Å². The first-order valence-corrected chi connectivity index (χ1v) is 11.2. The van der Waals surface area contributed by atoms with E-state index in [2.05, 4.69) is 4.99 Å². The molecule has 0 bridgehead atoms. The summed E-state index contributed by atoms with van der Waals surface area (Å²) in [7, 11) is -4.20. The van der Waals surface area contributed by atoms with Gasteiger partial charge in [0.15, 0.2) is 0 Å². The molecular weight excluding hydrogens is 431 g/mol. The number of nitrogens with zero attached hydrogens (tertiary/aromatic N) is 2. The molecule has 0 amide bonds. The van der Waals surface area contributed by atoms with E-state index in [1.165, 1.54) is 6.21 Å². The van der Waals surface area contributed by atoms with Crippen molar-refractivity contribution in [2.24, 2.45) is 4.99 Å². The predicted molar refractivity (Wildman–Crippen MR) is 112 cm³/mol. The van der Waals surface area contributed by atoms with Gasteiger partial charge >= 0.3 is 5.97 Å². The summed E-state index contributed by atoms with van der Waals surface area (Å²) in [5.74, 6) is -2.29. The molecule has 4 rings (SSSR count). The van der Waals surface area contributed by atoms with Crippen LogP contribution in [0.15, 0.2) is 52.4 Å². The van der Waals surface area contributed by atoms with Crippen molar-refractivity contribution in [3.05, 3.63) is 64.6 Å². The van der Waals surface area contributed by atoms with Crippen molar-refractivity contribution in [2.75, 3.05) is 13.2 Å². The fourth-order valence-corrected chi connectivity index (χ4v) is 5.57. The van der Waals surface area contributed by atoms with Crippen LogP contribution < -0.4 is 0 Å². The zero-order valence-electron chi connectivity index (χ0n) is 16.0. The first-order chi connectivity index (χ1) is 14.4. The van der Waals surface area contributed by atoms with Crippen LogP contribution in [0.5, 0.6) is 0 Å². The maximum atomic E-state index is 13.7. The third-order valence-corrected chi connectivity index (χ3v) is 7.00. The largest absolute Gasteiger partial charge is 0.465 e. The van der Waals surface area contributed by atoms with E-state index in [0.717, 1.165) is 27.7 Å². The van der Waals surface area contributed by atoms with E-state index < -0.39 is 27.7 Å². The molecule has 0 saturated carbocycles. The van der Waals surface area contributed by atoms with Gasteiger partial charge < -0.3 is 4.74 Å². The summed E-state index contributed by atoms with van der Waals surface area (Å²) in [4.78, 5) is 16.8. The summed E-state index contributed by atoms with van der Waals surface area (Å²) in [6.45, 7) is 2.25. The topological polar surface area (TPSA) is 77.7 Å². The highest BCUT2D eigenvalue weighted by molar-refractivity contribution is 7.90. The molecule has 9 heteroatoms. The fourth-order valence-electron chi connectivity index (χ4n) is 3.71. The number of hydrogen-bond acceptors (Lipinski definition) is 5. The molecule has 1 aliphatic rings. The van der Waals surface area contributed by atoms with Gasteiger partial charge in [-0.05, 0) is 43.2 Å². The van der Waals surface area contributed by atoms with Gasteiger partial charge in [-0.2, -0.15) is 0 Å². The van der Waals surface area contributed by atoms with Crippen molar-refractivity contribution in [1.82, 2.24) is 3.97 Å². The van der Waals surface area contributed by atoms with Gasteiger partial charge in [0.2, 0.25) is 0 Å². The molecule has 2 aromatic carbocycles. The van der Waals surface area contributed by atoms with Crippen LogP contribution in [0.2, 0.25) is 5.02 Å². The van der Waals surface area contributed by atoms with E-state index in [9.17, 15) is 17.6 Å². The standard InChI is InChI=1S/C21H18ClFN2O4S/c1-2-29-21(26)16-12-24-10-9-15-14-5-3-4-6-19(14)25(20(15)16)30(27,28)13-7-8-18(23)17(22)11-13/h3-8,11-12,16H,2,9-10H2,1H3. The van der Waals surface area contributed by atoms with E-state index in [1.807, 2.05) is 6.07 Å². The van der Waals surface area contributed by atoms with Gasteiger partial charge in [-0.1, -0.05) is 29.8 Å². The summed E-state index contributed by atoms with van der Waals surface area (Å²) in [5.41, 5.74) is 1.43. The Morgan fingerprint density at radius 2 is 2.07 bits per heavy atom. The van der Waals surface area contributed by atoms with Crippen LogP contribution in [-0.2, 0) is 26.0 Å². The van der Waals surface area contributed by atoms with Crippen LogP contribution in [-0.4, -0.2) is 37.7 Å². The third-order valence-electron chi connectivity index (χ3n) is 4.99. The Morgan fingerprint density at radius 3 is 2.80 bits per heavy atom. The van der Waals surface area contributed by atoms with Gasteiger partial charge in [-0.15, -0.1) is 0 Å². The minimum absolute atomic E-state index is 0.152. The smallest absolute Gasteiger partial charge is 0.320 e. The van der Waals surface area contributed by atoms with Gasteiger partial charge in [0, 0.05) is 18.1 Å². The lowest BCUT2D eigenvalue weighted by molar-refractivity contribution is -0.143. The Balaban J connectivity index is 2.06. The third kappa shape index (κ3) is 3.30. The summed E-state index contributed by atoms with van der Waals surface area (Å²) in [5, 5.41) is 0.409. The molecule has 3 aromatic rings. The second kappa shape index (κ2) is 7.85. The Bertz CT molecular complexity index is 1280. The normalized spacial score (nSPS) is 16.3. The molecule has 0 radical (unpaired) electrons. The molecule has 0 aliphatic carbocycles. The van der Waals surface area contributed by atoms with Gasteiger partial charge in [0.25, 0.3) is 10.0 Å². The molecule has 1 aromatic heterocycles. The van der Waals surface area contributed by atoms with E-state index in [4.69, 9.17) is 16.3 Å². The first-order valence-electron chi connectivity index (χ1n) is 9.35. The number of carbonyl (C=O) groups excluding carboxylic acids is 1. The van der Waals surface area contributed by atoms with Crippen molar-refractivity contribution in [3.8, 4) is 0 Å². The molecular formula is C21H18ClFN2O4S. The van der Waals surface area contributed by atoms with Gasteiger partial charge in [-0.25, -0.2) is 16.8 Å². The average Bonchev–Trinajstić information content (AvgIpc) is 2.89. The Labute approximate surface area is 178 Å². The molecule has 0 fully saturated rings. The van der Waals surface area contributed by atoms with Crippen molar-refractivity contribution in [3.63, 3.8) is 0 Å². The molecule has 30 heavy (non-hydrogen) atoms. The van der Waals surface area contributed by atoms with Crippen molar-refractivity contribution in [2.45, 2.75) is 24.2 Å². The number of benzene rings is 2. The number of aliphatic imine (C=N–C) groups is 1. The van der Waals surface area contributed by atoms with Crippen molar-refractivity contribution >= 4 is 44.7 Å². The lowest BCUT2D eigenvalue weighted by Crippen LogP contribution is -2.24. The molecule has 6 nitrogen and oxygen atoms in total. The number of hydrogen-bond donors (Lipinski definition) is 0. The highest BCUT2D eigenvalue weighted by Gasteiger charge is 2.35. The van der Waals surface area contributed by atoms with Crippen LogP contribution in [0.1, 0.15) is 24.1 Å². The minimum atomic E-state index is -4.20. The van der Waals surface area contributed by atoms with Crippen LogP contribution >= 0.6 is 11.6 Å². The maximum Gasteiger partial charge on any atom is 0.320 e. The first kappa shape index (κ1) is 20.6. The highest BCUT2D eigenvalue weighted by atomic mass is 35.5. The molecule has 1 unspecified atom stereocenters. The molecule has 0 spiro atoms. The van der Waals surface area contributed by atoms with Crippen LogP contribution in [0, 0.1) is 5.82 Å². The lowest BCUT2D eigenvalue weighted by atomic mass is 10.0. The number of esters is 1. The summed E-state index contributed by atoms with van der Waals surface area (Å²) in [6.07, 6.45) is 1.90. The maximum absolute atomic E-state index is 13.7. The number of fused-ring (bicyclic) bond motifs is 3. The summed E-state index contributed by atoms with van der Waals surface area (Å²) >= 11 is 5.85. The van der Waals surface area contributed by atoms with Gasteiger partial charge in [0.1, 0.15) is 11.7 Å². The SMILES string of the molecule is CCOC(=O)C1C=NCCc2c1n(S(=O)(=O)c1ccc(F)c(Cl)c1)c1ccccc21. The predicted octanol–water partition coefficient (Wildman–Crippen LogP) is 3.94. The Hall–Kier alpha value is -2.71. The van der Waals surface area contributed by atoms with Gasteiger partial charge in [-0.3, -0.25) is 9.79 Å². The van der Waals surface area contributed by atoms with Crippen LogP contribution in [0.4, 0.5) is 4.39 Å². The molecule has 0 N–H and O–H groups in total. The van der Waals surface area contributed by atoms with Crippen molar-refractivity contribution < 1.29 is 22.3 Å². The van der Waals surface area contributed by atoms with E-state index in [0.29, 0.717) is 23.9 Å². The molecule has 156 valence electrons. The fraction of sp³-hybridized carbons (Fsp3) is 0.238. The number of ether oxygens (including phenoxy) is 1. The quantitative estimate of drug-likeness (QED) is 0.566. The Kier molecular flexibility index (Phi) is 5.38. The molecule has 0 saturated heterocycles. The monoisotopic (exact) mass is 448 g/mol. The zero-order chi connectivity index (χ0) is 21.5. The Morgan fingerprint density at radius 1 is 1.30 bits per heavy atom. The summed E-state index contributed by atoms with van der Waals surface area (Å²) in [6, 6.07) is 10.2. The molecule has 1 aliphatic heterocycles.